The maximum atomic E-state index is 12.6. The first-order chi connectivity index (χ1) is 7.95. The second-order valence-electron chi connectivity index (χ2n) is 3.48. The van der Waals surface area contributed by atoms with Crippen molar-refractivity contribution in [2.75, 3.05) is 13.6 Å². The van der Waals surface area contributed by atoms with Crippen molar-refractivity contribution in [1.29, 1.82) is 0 Å². The zero-order valence-electron chi connectivity index (χ0n) is 9.49. The normalized spacial score (nSPS) is 11.4. The molecular formula is C11H13BrF2N2O. The molecule has 0 amide bonds. The number of aromatic hydroxyl groups is 1. The van der Waals surface area contributed by atoms with E-state index >= 15 is 0 Å². The van der Waals surface area contributed by atoms with E-state index in [2.05, 4.69) is 20.9 Å². The molecule has 0 aliphatic carbocycles. The molecule has 0 aromatic heterocycles. The van der Waals surface area contributed by atoms with Crippen molar-refractivity contribution < 1.29 is 13.9 Å². The van der Waals surface area contributed by atoms with Crippen LogP contribution in [0.5, 0.6) is 5.75 Å². The molecule has 0 bridgehead atoms. The number of hydrogen-bond donors (Lipinski definition) is 1. The molecule has 0 spiro atoms. The van der Waals surface area contributed by atoms with Gasteiger partial charge in [-0.1, -0.05) is 0 Å². The lowest BCUT2D eigenvalue weighted by atomic mass is 10.2. The summed E-state index contributed by atoms with van der Waals surface area (Å²) in [6.07, 6.45) is -1.17. The molecule has 0 aliphatic rings. The van der Waals surface area contributed by atoms with Gasteiger partial charge in [-0.3, -0.25) is 0 Å². The Morgan fingerprint density at radius 3 is 2.71 bits per heavy atom. The third-order valence-electron chi connectivity index (χ3n) is 2.22. The summed E-state index contributed by atoms with van der Waals surface area (Å²) in [5.41, 5.74) is -0.0575. The van der Waals surface area contributed by atoms with Crippen LogP contribution in [0.3, 0.4) is 0 Å². The minimum absolute atomic E-state index is 0.360. The van der Waals surface area contributed by atoms with E-state index in [4.69, 9.17) is 0 Å². The van der Waals surface area contributed by atoms with Crippen LogP contribution in [0.1, 0.15) is 18.9 Å². The topological polar surface area (TPSA) is 35.8 Å². The standard InChI is InChI=1S/C11H13BrF2N2O/c1-3-16(2)6-15-9-4-7(11(13)14)10(17)5-8(9)12/h4-6,11,17H,3H2,1-2H3. The molecule has 1 rings (SSSR count). The van der Waals surface area contributed by atoms with Crippen LogP contribution in [0.15, 0.2) is 21.6 Å². The SMILES string of the molecule is CCN(C)C=Nc1cc(C(F)F)c(O)cc1Br. The molecule has 94 valence electrons. The Morgan fingerprint density at radius 2 is 2.18 bits per heavy atom. The molecule has 6 heteroatoms. The fraction of sp³-hybridized carbons (Fsp3) is 0.364. The first-order valence-electron chi connectivity index (χ1n) is 5.00. The zero-order valence-corrected chi connectivity index (χ0v) is 11.1. The summed E-state index contributed by atoms with van der Waals surface area (Å²) >= 11 is 3.17. The first-order valence-corrected chi connectivity index (χ1v) is 5.80. The number of benzene rings is 1. The molecule has 0 radical (unpaired) electrons. The molecule has 0 aliphatic heterocycles. The number of phenols is 1. The summed E-state index contributed by atoms with van der Waals surface area (Å²) in [7, 11) is 1.83. The third kappa shape index (κ3) is 3.66. The Balaban J connectivity index is 3.08. The maximum absolute atomic E-state index is 12.6. The van der Waals surface area contributed by atoms with Gasteiger partial charge in [-0.2, -0.15) is 0 Å². The molecule has 0 atom stereocenters. The number of halogens is 3. The Hall–Kier alpha value is -1.17. The van der Waals surface area contributed by atoms with E-state index in [1.165, 1.54) is 12.1 Å². The third-order valence-corrected chi connectivity index (χ3v) is 2.86. The Morgan fingerprint density at radius 1 is 1.53 bits per heavy atom. The monoisotopic (exact) mass is 306 g/mol. The highest BCUT2D eigenvalue weighted by Gasteiger charge is 2.15. The summed E-state index contributed by atoms with van der Waals surface area (Å²) < 4.78 is 25.6. The van der Waals surface area contributed by atoms with Crippen LogP contribution >= 0.6 is 15.9 Å². The highest BCUT2D eigenvalue weighted by Crippen LogP contribution is 2.36. The van der Waals surface area contributed by atoms with Crippen molar-refractivity contribution in [2.45, 2.75) is 13.3 Å². The van der Waals surface area contributed by atoms with E-state index < -0.39 is 17.7 Å². The van der Waals surface area contributed by atoms with Gasteiger partial charge in [0.15, 0.2) is 0 Å². The zero-order chi connectivity index (χ0) is 13.0. The lowest BCUT2D eigenvalue weighted by Gasteiger charge is -2.10. The fourth-order valence-electron chi connectivity index (χ4n) is 1.08. The maximum Gasteiger partial charge on any atom is 0.267 e. The second kappa shape index (κ2) is 5.95. The molecule has 0 heterocycles. The van der Waals surface area contributed by atoms with Crippen LogP contribution in [0.25, 0.3) is 0 Å². The van der Waals surface area contributed by atoms with Crippen LogP contribution in [-0.2, 0) is 0 Å². The van der Waals surface area contributed by atoms with Crippen molar-refractivity contribution in [3.05, 3.63) is 22.2 Å². The summed E-state index contributed by atoms with van der Waals surface area (Å²) in [4.78, 5) is 5.88. The van der Waals surface area contributed by atoms with Crippen LogP contribution in [0.4, 0.5) is 14.5 Å². The predicted molar refractivity (Wildman–Crippen MR) is 67.2 cm³/mol. The molecular weight excluding hydrogens is 294 g/mol. The summed E-state index contributed by atoms with van der Waals surface area (Å²) in [5.74, 6) is -0.435. The lowest BCUT2D eigenvalue weighted by Crippen LogP contribution is -2.14. The number of rotatable bonds is 4. The Bertz CT molecular complexity index is 424. The predicted octanol–water partition coefficient (Wildman–Crippen LogP) is 3.70. The first kappa shape index (κ1) is 13.9. The van der Waals surface area contributed by atoms with Gasteiger partial charge in [-0.15, -0.1) is 0 Å². The smallest absolute Gasteiger partial charge is 0.267 e. The number of aliphatic imine (C=N–C) groups is 1. The van der Waals surface area contributed by atoms with E-state index in [-0.39, 0.29) is 0 Å². The average molecular weight is 307 g/mol. The van der Waals surface area contributed by atoms with Gasteiger partial charge in [-0.25, -0.2) is 13.8 Å². The highest BCUT2D eigenvalue weighted by atomic mass is 79.9. The van der Waals surface area contributed by atoms with Crippen molar-refractivity contribution >= 4 is 28.0 Å². The quantitative estimate of drug-likeness (QED) is 0.680. The van der Waals surface area contributed by atoms with Gasteiger partial charge in [0.05, 0.1) is 17.6 Å². The second-order valence-corrected chi connectivity index (χ2v) is 4.34. The van der Waals surface area contributed by atoms with E-state index in [0.29, 0.717) is 10.2 Å². The highest BCUT2D eigenvalue weighted by molar-refractivity contribution is 9.10. The molecule has 0 saturated heterocycles. The van der Waals surface area contributed by atoms with E-state index in [1.807, 2.05) is 14.0 Å². The van der Waals surface area contributed by atoms with Gasteiger partial charge in [-0.05, 0) is 35.0 Å². The van der Waals surface area contributed by atoms with Gasteiger partial charge in [0, 0.05) is 18.1 Å². The minimum Gasteiger partial charge on any atom is -0.507 e. The molecule has 1 aromatic carbocycles. The minimum atomic E-state index is -2.72. The Labute approximate surface area is 107 Å². The molecule has 3 nitrogen and oxygen atoms in total. The van der Waals surface area contributed by atoms with Gasteiger partial charge in [0.25, 0.3) is 6.43 Å². The summed E-state index contributed by atoms with van der Waals surface area (Å²) in [6, 6.07) is 2.39. The number of hydrogen-bond acceptors (Lipinski definition) is 2. The molecule has 0 unspecified atom stereocenters. The fourth-order valence-corrected chi connectivity index (χ4v) is 1.52. The van der Waals surface area contributed by atoms with Crippen molar-refractivity contribution in [1.82, 2.24) is 4.90 Å². The lowest BCUT2D eigenvalue weighted by molar-refractivity contribution is 0.147. The van der Waals surface area contributed by atoms with Crippen LogP contribution in [0, 0.1) is 0 Å². The largest absolute Gasteiger partial charge is 0.507 e. The number of nitrogens with zero attached hydrogens (tertiary/aromatic N) is 2. The molecule has 1 N–H and O–H groups in total. The van der Waals surface area contributed by atoms with Gasteiger partial charge >= 0.3 is 0 Å². The summed E-state index contributed by atoms with van der Waals surface area (Å²) in [6.45, 7) is 2.71. The average Bonchev–Trinajstić information content (AvgIpc) is 2.26. The number of phenolic OH excluding ortho intramolecular Hbond substituents is 1. The van der Waals surface area contributed by atoms with Gasteiger partial charge < -0.3 is 10.0 Å². The van der Waals surface area contributed by atoms with E-state index in [0.717, 1.165) is 6.54 Å². The molecule has 0 saturated carbocycles. The van der Waals surface area contributed by atoms with E-state index in [1.54, 1.807) is 11.2 Å². The van der Waals surface area contributed by atoms with Crippen LogP contribution in [0.2, 0.25) is 0 Å². The van der Waals surface area contributed by atoms with Crippen molar-refractivity contribution in [2.24, 2.45) is 4.99 Å². The molecule has 17 heavy (non-hydrogen) atoms. The Kier molecular flexibility index (Phi) is 4.86. The van der Waals surface area contributed by atoms with Gasteiger partial charge in [0.2, 0.25) is 0 Å². The molecule has 1 aromatic rings. The van der Waals surface area contributed by atoms with Gasteiger partial charge in [0.1, 0.15) is 5.75 Å². The van der Waals surface area contributed by atoms with Crippen molar-refractivity contribution in [3.63, 3.8) is 0 Å². The summed E-state index contributed by atoms with van der Waals surface area (Å²) in [5, 5.41) is 9.34. The van der Waals surface area contributed by atoms with Crippen molar-refractivity contribution in [3.8, 4) is 5.75 Å². The number of alkyl halides is 2. The molecule has 0 fully saturated rings. The van der Waals surface area contributed by atoms with E-state index in [9.17, 15) is 13.9 Å². The van der Waals surface area contributed by atoms with Crippen LogP contribution < -0.4 is 0 Å². The van der Waals surface area contributed by atoms with Crippen LogP contribution in [-0.4, -0.2) is 29.9 Å².